The number of aliphatic carboxylic acids is 1. The molecule has 1 N–H and O–H groups in total. The maximum Gasteiger partial charge on any atom is 0.317 e. The first kappa shape index (κ1) is 11.9. The minimum atomic E-state index is -0.741. The highest BCUT2D eigenvalue weighted by Gasteiger charge is 2.19. The molecule has 4 heteroatoms. The first-order chi connectivity index (χ1) is 8.16. The number of para-hydroxylation sites is 1. The first-order valence-electron chi connectivity index (χ1n) is 5.91. The van der Waals surface area contributed by atoms with Gasteiger partial charge >= 0.3 is 5.97 Å². The third kappa shape index (κ3) is 2.97. The Morgan fingerprint density at radius 3 is 2.47 bits per heavy atom. The van der Waals surface area contributed by atoms with Crippen molar-refractivity contribution < 1.29 is 9.90 Å². The third-order valence-electron chi connectivity index (χ3n) is 3.19. The second-order valence-electron chi connectivity index (χ2n) is 4.44. The van der Waals surface area contributed by atoms with Crippen molar-refractivity contribution in [3.05, 3.63) is 29.8 Å². The van der Waals surface area contributed by atoms with Crippen LogP contribution in [0.2, 0.25) is 0 Å². The van der Waals surface area contributed by atoms with Crippen LogP contribution in [0.25, 0.3) is 0 Å². The van der Waals surface area contributed by atoms with Gasteiger partial charge in [-0.2, -0.15) is 0 Å². The van der Waals surface area contributed by atoms with Crippen LogP contribution in [0.15, 0.2) is 24.3 Å². The van der Waals surface area contributed by atoms with E-state index in [1.165, 1.54) is 11.3 Å². The van der Waals surface area contributed by atoms with Gasteiger partial charge in [-0.25, -0.2) is 0 Å². The van der Waals surface area contributed by atoms with Gasteiger partial charge < -0.3 is 10.0 Å². The maximum atomic E-state index is 10.6. The van der Waals surface area contributed by atoms with E-state index >= 15 is 0 Å². The Bertz CT molecular complexity index is 398. The molecule has 0 amide bonds. The smallest absolute Gasteiger partial charge is 0.317 e. The molecule has 0 bridgehead atoms. The van der Waals surface area contributed by atoms with Gasteiger partial charge in [0.25, 0.3) is 0 Å². The van der Waals surface area contributed by atoms with E-state index in [0.717, 1.165) is 26.2 Å². The Kier molecular flexibility index (Phi) is 3.64. The highest BCUT2D eigenvalue weighted by molar-refractivity contribution is 5.69. The Morgan fingerprint density at radius 1 is 1.24 bits per heavy atom. The van der Waals surface area contributed by atoms with Gasteiger partial charge in [-0.1, -0.05) is 18.2 Å². The molecule has 92 valence electrons. The van der Waals surface area contributed by atoms with E-state index in [4.69, 9.17) is 5.11 Å². The number of carboxylic acid groups (broad SMARTS) is 1. The molecule has 1 aliphatic heterocycles. The lowest BCUT2D eigenvalue weighted by Crippen LogP contribution is -2.48. The van der Waals surface area contributed by atoms with Crippen molar-refractivity contribution >= 4 is 11.7 Å². The number of hydrogen-bond acceptors (Lipinski definition) is 3. The summed E-state index contributed by atoms with van der Waals surface area (Å²) in [5.74, 6) is -0.741. The molecule has 2 rings (SSSR count). The summed E-state index contributed by atoms with van der Waals surface area (Å²) < 4.78 is 0. The third-order valence-corrected chi connectivity index (χ3v) is 3.19. The van der Waals surface area contributed by atoms with Crippen LogP contribution in [0.1, 0.15) is 5.56 Å². The van der Waals surface area contributed by atoms with Gasteiger partial charge in [0.1, 0.15) is 0 Å². The molecule has 0 spiro atoms. The van der Waals surface area contributed by atoms with Gasteiger partial charge in [0, 0.05) is 31.9 Å². The zero-order chi connectivity index (χ0) is 12.3. The van der Waals surface area contributed by atoms with Crippen LogP contribution in [0.3, 0.4) is 0 Å². The molecule has 0 aliphatic carbocycles. The summed E-state index contributed by atoms with van der Waals surface area (Å²) in [6.45, 7) is 5.71. The highest BCUT2D eigenvalue weighted by atomic mass is 16.4. The van der Waals surface area contributed by atoms with Crippen molar-refractivity contribution in [2.75, 3.05) is 37.6 Å². The van der Waals surface area contributed by atoms with E-state index in [-0.39, 0.29) is 6.54 Å². The number of hydrogen-bond donors (Lipinski definition) is 1. The highest BCUT2D eigenvalue weighted by Crippen LogP contribution is 2.20. The fourth-order valence-corrected chi connectivity index (χ4v) is 2.26. The van der Waals surface area contributed by atoms with Crippen LogP contribution in [-0.4, -0.2) is 48.7 Å². The van der Waals surface area contributed by atoms with Gasteiger partial charge in [0.2, 0.25) is 0 Å². The molecule has 1 aromatic rings. The van der Waals surface area contributed by atoms with Gasteiger partial charge in [0.15, 0.2) is 0 Å². The number of anilines is 1. The molecule has 1 fully saturated rings. The van der Waals surface area contributed by atoms with Crippen LogP contribution in [-0.2, 0) is 4.79 Å². The van der Waals surface area contributed by atoms with Crippen LogP contribution < -0.4 is 4.90 Å². The number of rotatable bonds is 3. The van der Waals surface area contributed by atoms with E-state index in [1.807, 2.05) is 17.0 Å². The summed E-state index contributed by atoms with van der Waals surface area (Å²) in [5.41, 5.74) is 2.54. The average Bonchev–Trinajstić information content (AvgIpc) is 2.30. The number of aryl methyl sites for hydroxylation is 1. The first-order valence-corrected chi connectivity index (χ1v) is 5.91. The average molecular weight is 234 g/mol. The van der Waals surface area contributed by atoms with Crippen LogP contribution in [0, 0.1) is 6.92 Å². The summed E-state index contributed by atoms with van der Waals surface area (Å²) in [5, 5.41) is 8.74. The number of piperazine rings is 1. The molecule has 0 radical (unpaired) electrons. The zero-order valence-corrected chi connectivity index (χ0v) is 10.1. The lowest BCUT2D eigenvalue weighted by molar-refractivity contribution is -0.138. The lowest BCUT2D eigenvalue weighted by Gasteiger charge is -2.36. The number of carboxylic acids is 1. The monoisotopic (exact) mass is 234 g/mol. The van der Waals surface area contributed by atoms with E-state index in [0.29, 0.717) is 0 Å². The second kappa shape index (κ2) is 5.19. The van der Waals surface area contributed by atoms with Crippen molar-refractivity contribution in [2.45, 2.75) is 6.92 Å². The lowest BCUT2D eigenvalue weighted by atomic mass is 10.1. The Labute approximate surface area is 101 Å². The van der Waals surface area contributed by atoms with Crippen LogP contribution in [0.5, 0.6) is 0 Å². The zero-order valence-electron chi connectivity index (χ0n) is 10.1. The topological polar surface area (TPSA) is 43.8 Å². The number of nitrogens with zero attached hydrogens (tertiary/aromatic N) is 2. The molecule has 0 aromatic heterocycles. The minimum Gasteiger partial charge on any atom is -0.480 e. The maximum absolute atomic E-state index is 10.6. The molecule has 1 aromatic carbocycles. The molecule has 1 heterocycles. The molecule has 4 nitrogen and oxygen atoms in total. The molecule has 0 saturated carbocycles. The van der Waals surface area contributed by atoms with Gasteiger partial charge in [-0.15, -0.1) is 0 Å². The Morgan fingerprint density at radius 2 is 1.88 bits per heavy atom. The molecule has 17 heavy (non-hydrogen) atoms. The minimum absolute atomic E-state index is 0.154. The van der Waals surface area contributed by atoms with Crippen molar-refractivity contribution in [2.24, 2.45) is 0 Å². The van der Waals surface area contributed by atoms with Crippen LogP contribution >= 0.6 is 0 Å². The summed E-state index contributed by atoms with van der Waals surface area (Å²) >= 11 is 0. The Balaban J connectivity index is 1.95. The Hall–Kier alpha value is -1.55. The predicted molar refractivity (Wildman–Crippen MR) is 67.5 cm³/mol. The van der Waals surface area contributed by atoms with E-state index in [1.54, 1.807) is 0 Å². The fourth-order valence-electron chi connectivity index (χ4n) is 2.26. The van der Waals surface area contributed by atoms with E-state index in [2.05, 4.69) is 24.0 Å². The van der Waals surface area contributed by atoms with Gasteiger partial charge in [-0.05, 0) is 18.6 Å². The van der Waals surface area contributed by atoms with Crippen molar-refractivity contribution in [1.82, 2.24) is 4.90 Å². The normalized spacial score (nSPS) is 17.1. The summed E-state index contributed by atoms with van der Waals surface area (Å²) in [6.07, 6.45) is 0. The standard InChI is InChI=1S/C13H18N2O2/c1-11-4-2-3-5-12(11)15-8-6-14(7-9-15)10-13(16)17/h2-5H,6-10H2,1H3,(H,16,17). The molecule has 0 atom stereocenters. The van der Waals surface area contributed by atoms with E-state index < -0.39 is 5.97 Å². The SMILES string of the molecule is Cc1ccccc1N1CCN(CC(=O)O)CC1. The number of carbonyl (C=O) groups is 1. The second-order valence-corrected chi connectivity index (χ2v) is 4.44. The fraction of sp³-hybridized carbons (Fsp3) is 0.462. The largest absolute Gasteiger partial charge is 0.480 e. The molecular weight excluding hydrogens is 216 g/mol. The summed E-state index contributed by atoms with van der Waals surface area (Å²) in [4.78, 5) is 14.9. The molecular formula is C13H18N2O2. The molecule has 1 aliphatic rings. The molecule has 0 unspecified atom stereocenters. The quantitative estimate of drug-likeness (QED) is 0.853. The summed E-state index contributed by atoms with van der Waals surface area (Å²) in [7, 11) is 0. The van der Waals surface area contributed by atoms with Crippen molar-refractivity contribution in [3.63, 3.8) is 0 Å². The van der Waals surface area contributed by atoms with Crippen LogP contribution in [0.4, 0.5) is 5.69 Å². The predicted octanol–water partition coefficient (Wildman–Crippen LogP) is 1.20. The summed E-state index contributed by atoms with van der Waals surface area (Å²) in [6, 6.07) is 8.33. The number of benzene rings is 1. The van der Waals surface area contributed by atoms with Crippen molar-refractivity contribution in [1.29, 1.82) is 0 Å². The van der Waals surface area contributed by atoms with Gasteiger partial charge in [0.05, 0.1) is 6.54 Å². The van der Waals surface area contributed by atoms with E-state index in [9.17, 15) is 4.79 Å². The van der Waals surface area contributed by atoms with Crippen molar-refractivity contribution in [3.8, 4) is 0 Å². The van der Waals surface area contributed by atoms with Gasteiger partial charge in [-0.3, -0.25) is 9.69 Å². The molecule has 1 saturated heterocycles.